The average Bonchev–Trinajstić information content (AvgIpc) is 3.03. The van der Waals surface area contributed by atoms with Crippen LogP contribution in [0.4, 0.5) is 5.69 Å². The van der Waals surface area contributed by atoms with Crippen LogP contribution in [-0.4, -0.2) is 42.8 Å². The van der Waals surface area contributed by atoms with E-state index in [9.17, 15) is 13.2 Å². The van der Waals surface area contributed by atoms with Gasteiger partial charge in [0.05, 0.1) is 18.0 Å². The molecule has 0 unspecified atom stereocenters. The lowest BCUT2D eigenvalue weighted by Gasteiger charge is -2.37. The number of nitrogens with zero attached hydrogens (tertiary/aromatic N) is 2. The van der Waals surface area contributed by atoms with Crippen LogP contribution < -0.4 is 10.1 Å². The maximum absolute atomic E-state index is 12.7. The summed E-state index contributed by atoms with van der Waals surface area (Å²) in [7, 11) is -3.57. The van der Waals surface area contributed by atoms with Crippen LogP contribution >= 0.6 is 11.3 Å². The molecule has 2 heterocycles. The van der Waals surface area contributed by atoms with Crippen LogP contribution in [-0.2, 0) is 14.8 Å². The third-order valence-electron chi connectivity index (χ3n) is 3.89. The molecule has 1 aliphatic rings. The van der Waals surface area contributed by atoms with Crippen LogP contribution in [0.5, 0.6) is 5.19 Å². The van der Waals surface area contributed by atoms with Crippen molar-refractivity contribution >= 4 is 33.0 Å². The van der Waals surface area contributed by atoms with Crippen LogP contribution in [0.3, 0.4) is 0 Å². The van der Waals surface area contributed by atoms with Crippen molar-refractivity contribution in [3.63, 3.8) is 0 Å². The van der Waals surface area contributed by atoms with Gasteiger partial charge in [0.15, 0.2) is 0 Å². The van der Waals surface area contributed by atoms with E-state index in [-0.39, 0.29) is 16.9 Å². The van der Waals surface area contributed by atoms with Crippen molar-refractivity contribution in [2.24, 2.45) is 0 Å². The summed E-state index contributed by atoms with van der Waals surface area (Å²) >= 11 is 1.38. The van der Waals surface area contributed by atoms with Crippen molar-refractivity contribution in [2.45, 2.75) is 31.3 Å². The van der Waals surface area contributed by atoms with Crippen molar-refractivity contribution in [1.82, 2.24) is 9.29 Å². The Labute approximate surface area is 150 Å². The van der Waals surface area contributed by atoms with Gasteiger partial charge in [-0.25, -0.2) is 13.4 Å². The lowest BCUT2D eigenvalue weighted by atomic mass is 10.2. The van der Waals surface area contributed by atoms with E-state index in [0.29, 0.717) is 36.0 Å². The molecular formula is C16H19N3O4S2. The summed E-state index contributed by atoms with van der Waals surface area (Å²) in [5.74, 6) is -0.111. The SMILES string of the molecule is CCC(=O)Nc1ccc(S(=O)(=O)N2CC(Oc3nccs3)C2)c(C)c1. The molecule has 7 nitrogen and oxygen atoms in total. The average molecular weight is 381 g/mol. The quantitative estimate of drug-likeness (QED) is 0.829. The number of nitrogens with one attached hydrogen (secondary N) is 1. The molecule has 0 radical (unpaired) electrons. The van der Waals surface area contributed by atoms with Crippen molar-refractivity contribution in [1.29, 1.82) is 0 Å². The van der Waals surface area contributed by atoms with Gasteiger partial charge in [-0.05, 0) is 30.7 Å². The highest BCUT2D eigenvalue weighted by Gasteiger charge is 2.39. The minimum Gasteiger partial charge on any atom is -0.464 e. The number of hydrogen-bond donors (Lipinski definition) is 1. The smallest absolute Gasteiger partial charge is 0.273 e. The summed E-state index contributed by atoms with van der Waals surface area (Å²) < 4.78 is 32.5. The minimum atomic E-state index is -3.57. The summed E-state index contributed by atoms with van der Waals surface area (Å²) in [4.78, 5) is 15.7. The monoisotopic (exact) mass is 381 g/mol. The lowest BCUT2D eigenvalue weighted by Crippen LogP contribution is -2.56. The molecule has 25 heavy (non-hydrogen) atoms. The third kappa shape index (κ3) is 3.83. The van der Waals surface area contributed by atoms with E-state index in [4.69, 9.17) is 4.74 Å². The van der Waals surface area contributed by atoms with Gasteiger partial charge in [0.1, 0.15) is 6.10 Å². The molecule has 1 aromatic carbocycles. The van der Waals surface area contributed by atoms with Crippen LogP contribution in [0.15, 0.2) is 34.7 Å². The van der Waals surface area contributed by atoms with E-state index in [1.54, 1.807) is 32.2 Å². The molecule has 0 bridgehead atoms. The Morgan fingerprint density at radius 2 is 2.20 bits per heavy atom. The Kier molecular flexibility index (Phi) is 5.07. The van der Waals surface area contributed by atoms with Crippen LogP contribution in [0.25, 0.3) is 0 Å². The number of amides is 1. The molecule has 3 rings (SSSR count). The van der Waals surface area contributed by atoms with Gasteiger partial charge in [0.25, 0.3) is 5.19 Å². The molecule has 1 fully saturated rings. The molecule has 1 amide bonds. The van der Waals surface area contributed by atoms with Gasteiger partial charge in [-0.2, -0.15) is 4.31 Å². The zero-order valence-corrected chi connectivity index (χ0v) is 15.6. The topological polar surface area (TPSA) is 88.6 Å². The predicted octanol–water partition coefficient (Wildman–Crippen LogP) is 2.25. The molecule has 0 aliphatic carbocycles. The van der Waals surface area contributed by atoms with Crippen molar-refractivity contribution < 1.29 is 17.9 Å². The second-order valence-electron chi connectivity index (χ2n) is 5.74. The van der Waals surface area contributed by atoms with E-state index in [1.165, 1.54) is 21.7 Å². The zero-order valence-electron chi connectivity index (χ0n) is 13.9. The Hall–Kier alpha value is -1.97. The Morgan fingerprint density at radius 1 is 1.44 bits per heavy atom. The van der Waals surface area contributed by atoms with Crippen LogP contribution in [0.1, 0.15) is 18.9 Å². The van der Waals surface area contributed by atoms with E-state index in [1.807, 2.05) is 5.38 Å². The number of aromatic nitrogens is 1. The number of carbonyl (C=O) groups is 1. The van der Waals surface area contributed by atoms with Crippen molar-refractivity contribution in [3.05, 3.63) is 35.3 Å². The highest BCUT2D eigenvalue weighted by molar-refractivity contribution is 7.89. The minimum absolute atomic E-state index is 0.111. The predicted molar refractivity (Wildman–Crippen MR) is 95.4 cm³/mol. The number of anilines is 1. The molecule has 0 spiro atoms. The fourth-order valence-corrected chi connectivity index (χ4v) is 4.75. The van der Waals surface area contributed by atoms with Gasteiger partial charge >= 0.3 is 0 Å². The molecule has 0 saturated carbocycles. The fraction of sp³-hybridized carbons (Fsp3) is 0.375. The second kappa shape index (κ2) is 7.11. The molecule has 1 aromatic heterocycles. The standard InChI is InChI=1S/C16H19N3O4S2/c1-3-15(20)18-12-4-5-14(11(2)8-12)25(21,22)19-9-13(10-19)23-16-17-6-7-24-16/h4-8,13H,3,9-10H2,1-2H3,(H,18,20). The normalized spacial score (nSPS) is 15.6. The van der Waals surface area contributed by atoms with E-state index < -0.39 is 10.0 Å². The Morgan fingerprint density at radius 3 is 2.80 bits per heavy atom. The number of sulfonamides is 1. The Balaban J connectivity index is 1.67. The summed E-state index contributed by atoms with van der Waals surface area (Å²) in [6.07, 6.45) is 1.84. The summed E-state index contributed by atoms with van der Waals surface area (Å²) in [6, 6.07) is 4.81. The number of carbonyl (C=O) groups excluding carboxylic acids is 1. The molecule has 134 valence electrons. The number of benzene rings is 1. The number of hydrogen-bond acceptors (Lipinski definition) is 6. The lowest BCUT2D eigenvalue weighted by molar-refractivity contribution is -0.115. The maximum atomic E-state index is 12.7. The van der Waals surface area contributed by atoms with Gasteiger partial charge < -0.3 is 10.1 Å². The first-order valence-electron chi connectivity index (χ1n) is 7.87. The van der Waals surface area contributed by atoms with Gasteiger partial charge in [-0.1, -0.05) is 18.3 Å². The first kappa shape index (κ1) is 17.8. The highest BCUT2D eigenvalue weighted by Crippen LogP contribution is 2.28. The number of thiazole rings is 1. The van der Waals surface area contributed by atoms with Gasteiger partial charge in [-0.15, -0.1) is 0 Å². The van der Waals surface area contributed by atoms with E-state index in [0.717, 1.165) is 0 Å². The molecule has 9 heteroatoms. The van der Waals surface area contributed by atoms with Crippen LogP contribution in [0.2, 0.25) is 0 Å². The van der Waals surface area contributed by atoms with Crippen LogP contribution in [0, 0.1) is 6.92 Å². The van der Waals surface area contributed by atoms with E-state index >= 15 is 0 Å². The summed E-state index contributed by atoms with van der Waals surface area (Å²) in [5, 5.41) is 5.09. The summed E-state index contributed by atoms with van der Waals surface area (Å²) in [5.41, 5.74) is 1.19. The van der Waals surface area contributed by atoms with Gasteiger partial charge in [0, 0.05) is 23.7 Å². The molecule has 0 atom stereocenters. The molecule has 2 aromatic rings. The largest absolute Gasteiger partial charge is 0.464 e. The number of rotatable bonds is 6. The summed E-state index contributed by atoms with van der Waals surface area (Å²) in [6.45, 7) is 4.08. The van der Waals surface area contributed by atoms with Gasteiger partial charge in [-0.3, -0.25) is 4.79 Å². The molecule has 1 aliphatic heterocycles. The first-order valence-corrected chi connectivity index (χ1v) is 10.2. The maximum Gasteiger partial charge on any atom is 0.273 e. The third-order valence-corrected chi connectivity index (χ3v) is 6.54. The number of aryl methyl sites for hydroxylation is 1. The fourth-order valence-electron chi connectivity index (χ4n) is 2.49. The first-order chi connectivity index (χ1) is 11.9. The highest BCUT2D eigenvalue weighted by atomic mass is 32.2. The van der Waals surface area contributed by atoms with Gasteiger partial charge in [0.2, 0.25) is 15.9 Å². The van der Waals surface area contributed by atoms with Crippen molar-refractivity contribution in [3.8, 4) is 5.19 Å². The molecule has 1 N–H and O–H groups in total. The number of ether oxygens (including phenoxy) is 1. The second-order valence-corrected chi connectivity index (χ2v) is 8.51. The van der Waals surface area contributed by atoms with E-state index in [2.05, 4.69) is 10.3 Å². The Bertz CT molecular complexity index is 860. The zero-order chi connectivity index (χ0) is 18.0. The molecule has 1 saturated heterocycles. The van der Waals surface area contributed by atoms with Crippen molar-refractivity contribution in [2.75, 3.05) is 18.4 Å². The molecular weight excluding hydrogens is 362 g/mol.